The number of amides is 1. The van der Waals surface area contributed by atoms with Gasteiger partial charge in [0.05, 0.1) is 24.1 Å². The second kappa shape index (κ2) is 8.84. The number of aromatic nitrogens is 3. The highest BCUT2D eigenvalue weighted by molar-refractivity contribution is 7.19. The quantitative estimate of drug-likeness (QED) is 0.410. The molecule has 10 heteroatoms. The predicted octanol–water partition coefficient (Wildman–Crippen LogP) is 5.06. The van der Waals surface area contributed by atoms with Gasteiger partial charge in [-0.3, -0.25) is 4.98 Å². The number of hydrogen-bond donors (Lipinski definition) is 2. The van der Waals surface area contributed by atoms with Gasteiger partial charge in [0.1, 0.15) is 16.4 Å². The van der Waals surface area contributed by atoms with Gasteiger partial charge in [-0.2, -0.15) is 0 Å². The highest BCUT2D eigenvalue weighted by Gasteiger charge is 2.26. The van der Waals surface area contributed by atoms with Gasteiger partial charge in [-0.15, -0.1) is 11.3 Å². The van der Waals surface area contributed by atoms with E-state index < -0.39 is 6.09 Å². The van der Waals surface area contributed by atoms with Crippen molar-refractivity contribution in [2.75, 3.05) is 19.0 Å². The Morgan fingerprint density at radius 1 is 1.27 bits per heavy atom. The lowest BCUT2D eigenvalue weighted by Gasteiger charge is -2.24. The number of nitrogens with one attached hydrogen (secondary N) is 1. The maximum absolute atomic E-state index is 11.5. The molecule has 2 N–H and O–H groups in total. The zero-order valence-corrected chi connectivity index (χ0v) is 19.3. The molecule has 0 unspecified atom stereocenters. The van der Waals surface area contributed by atoms with Crippen LogP contribution in [0.4, 0.5) is 10.6 Å². The third kappa shape index (κ3) is 4.17. The second-order valence-corrected chi connectivity index (χ2v) is 9.08. The molecule has 4 heterocycles. The molecular weight excluding hydrogens is 462 g/mol. The summed E-state index contributed by atoms with van der Waals surface area (Å²) < 4.78 is 5.24. The topological polar surface area (TPSA) is 100 Å². The number of halogens is 1. The number of hydrogen-bond acceptors (Lipinski definition) is 7. The van der Waals surface area contributed by atoms with E-state index in [0.717, 1.165) is 37.6 Å². The lowest BCUT2D eigenvalue weighted by molar-refractivity contribution is 0.140. The van der Waals surface area contributed by atoms with E-state index in [2.05, 4.69) is 10.3 Å². The largest absolute Gasteiger partial charge is 0.495 e. The van der Waals surface area contributed by atoms with Crippen LogP contribution in [0.25, 0.3) is 21.6 Å². The molecule has 0 saturated heterocycles. The van der Waals surface area contributed by atoms with Crippen molar-refractivity contribution in [3.05, 3.63) is 63.8 Å². The molecule has 0 fully saturated rings. The molecule has 1 aromatic carbocycles. The van der Waals surface area contributed by atoms with Crippen LogP contribution < -0.4 is 10.1 Å². The number of ether oxygens (including phenoxy) is 1. The Morgan fingerprint density at radius 3 is 2.82 bits per heavy atom. The van der Waals surface area contributed by atoms with E-state index in [4.69, 9.17) is 26.3 Å². The molecule has 1 aliphatic rings. The summed E-state index contributed by atoms with van der Waals surface area (Å²) >= 11 is 7.82. The molecule has 0 saturated carbocycles. The molecule has 0 spiro atoms. The van der Waals surface area contributed by atoms with Crippen LogP contribution >= 0.6 is 22.9 Å². The first-order valence-electron chi connectivity index (χ1n) is 10.3. The number of benzene rings is 1. The van der Waals surface area contributed by atoms with Gasteiger partial charge in [0.2, 0.25) is 0 Å². The number of pyridine rings is 1. The summed E-state index contributed by atoms with van der Waals surface area (Å²) in [6.45, 7) is 1.33. The smallest absolute Gasteiger partial charge is 0.407 e. The van der Waals surface area contributed by atoms with Gasteiger partial charge in [0, 0.05) is 35.9 Å². The van der Waals surface area contributed by atoms with Crippen molar-refractivity contribution in [2.24, 2.45) is 0 Å². The van der Waals surface area contributed by atoms with Crippen molar-refractivity contribution >= 4 is 45.1 Å². The lowest BCUT2D eigenvalue weighted by atomic mass is 10.0. The number of carbonyl (C=O) groups is 1. The van der Waals surface area contributed by atoms with E-state index in [0.29, 0.717) is 42.7 Å². The highest BCUT2D eigenvalue weighted by atomic mass is 35.5. The maximum atomic E-state index is 11.5. The molecule has 0 atom stereocenters. The zero-order valence-electron chi connectivity index (χ0n) is 17.7. The maximum Gasteiger partial charge on any atom is 0.407 e. The number of nitrogens with zero attached hydrogens (tertiary/aromatic N) is 4. The first kappa shape index (κ1) is 21.4. The Morgan fingerprint density at radius 2 is 2.09 bits per heavy atom. The summed E-state index contributed by atoms with van der Waals surface area (Å²) in [5, 5.41) is 14.4. The SMILES string of the molecule is COc1ccc(CNc2nc(-c3ccncc3)nc3sc4c(c23)CCN(C(=O)O)C4)cc1Cl. The van der Waals surface area contributed by atoms with Crippen molar-refractivity contribution in [1.29, 1.82) is 0 Å². The Kier molecular flexibility index (Phi) is 5.74. The van der Waals surface area contributed by atoms with Gasteiger partial charge in [0.15, 0.2) is 5.82 Å². The van der Waals surface area contributed by atoms with E-state index in [1.807, 2.05) is 30.3 Å². The van der Waals surface area contributed by atoms with Gasteiger partial charge in [0.25, 0.3) is 0 Å². The van der Waals surface area contributed by atoms with Crippen molar-refractivity contribution in [3.63, 3.8) is 0 Å². The molecule has 33 heavy (non-hydrogen) atoms. The zero-order chi connectivity index (χ0) is 22.9. The summed E-state index contributed by atoms with van der Waals surface area (Å²) in [4.78, 5) is 28.5. The van der Waals surface area contributed by atoms with Gasteiger partial charge in [-0.1, -0.05) is 17.7 Å². The van der Waals surface area contributed by atoms with Gasteiger partial charge in [-0.25, -0.2) is 14.8 Å². The predicted molar refractivity (Wildman–Crippen MR) is 128 cm³/mol. The third-order valence-electron chi connectivity index (χ3n) is 5.59. The number of rotatable bonds is 5. The standard InChI is InChI=1S/C23H20ClN5O3S/c1-32-17-3-2-13(10-16(17)24)11-26-21-19-15-6-9-29(23(30)31)12-18(15)33-22(19)28-20(27-21)14-4-7-25-8-5-14/h2-5,7-8,10H,6,9,11-12H2,1H3,(H,30,31)(H,26,27,28). The summed E-state index contributed by atoms with van der Waals surface area (Å²) in [6, 6.07) is 9.39. The van der Waals surface area contributed by atoms with Crippen molar-refractivity contribution in [3.8, 4) is 17.1 Å². The molecule has 168 valence electrons. The molecule has 1 aliphatic heterocycles. The summed E-state index contributed by atoms with van der Waals surface area (Å²) in [5.74, 6) is 1.94. The average molecular weight is 482 g/mol. The summed E-state index contributed by atoms with van der Waals surface area (Å²) in [7, 11) is 1.59. The van der Waals surface area contributed by atoms with E-state index >= 15 is 0 Å². The minimum absolute atomic E-state index is 0.365. The Balaban J connectivity index is 1.56. The number of fused-ring (bicyclic) bond motifs is 3. The molecule has 0 bridgehead atoms. The Hall–Kier alpha value is -3.43. The molecule has 4 aromatic rings. The van der Waals surface area contributed by atoms with Crippen LogP contribution in [0, 0.1) is 0 Å². The van der Waals surface area contributed by atoms with Crippen molar-refractivity contribution in [1.82, 2.24) is 19.9 Å². The van der Waals surface area contributed by atoms with Gasteiger partial charge >= 0.3 is 6.09 Å². The number of thiophene rings is 1. The molecule has 0 radical (unpaired) electrons. The van der Waals surface area contributed by atoms with E-state index in [-0.39, 0.29) is 0 Å². The first-order valence-corrected chi connectivity index (χ1v) is 11.5. The molecule has 8 nitrogen and oxygen atoms in total. The van der Waals surface area contributed by atoms with E-state index in [1.54, 1.807) is 19.5 Å². The summed E-state index contributed by atoms with van der Waals surface area (Å²) in [5.41, 5.74) is 2.96. The number of methoxy groups -OCH3 is 1. The average Bonchev–Trinajstić information content (AvgIpc) is 3.21. The number of anilines is 1. The fourth-order valence-electron chi connectivity index (χ4n) is 3.92. The highest BCUT2D eigenvalue weighted by Crippen LogP contribution is 2.39. The van der Waals surface area contributed by atoms with Crippen LogP contribution in [0.3, 0.4) is 0 Å². The number of carboxylic acid groups (broad SMARTS) is 1. The molecule has 5 rings (SSSR count). The van der Waals surface area contributed by atoms with Crippen LogP contribution in [-0.2, 0) is 19.5 Å². The first-order chi connectivity index (χ1) is 16.0. The Bertz CT molecular complexity index is 1350. The third-order valence-corrected chi connectivity index (χ3v) is 6.99. The van der Waals surface area contributed by atoms with Crippen LogP contribution in [0.5, 0.6) is 5.75 Å². The van der Waals surface area contributed by atoms with Crippen molar-refractivity contribution < 1.29 is 14.6 Å². The summed E-state index contributed by atoms with van der Waals surface area (Å²) in [6.07, 6.45) is 3.14. The fraction of sp³-hybridized carbons (Fsp3) is 0.217. The minimum atomic E-state index is -0.906. The van der Waals surface area contributed by atoms with Gasteiger partial charge in [-0.05, 0) is 41.8 Å². The molecule has 1 amide bonds. The normalized spacial score (nSPS) is 13.1. The second-order valence-electron chi connectivity index (χ2n) is 7.59. The molecule has 0 aliphatic carbocycles. The van der Waals surface area contributed by atoms with Crippen molar-refractivity contribution in [2.45, 2.75) is 19.5 Å². The van der Waals surface area contributed by atoms with Gasteiger partial charge < -0.3 is 20.1 Å². The van der Waals surface area contributed by atoms with Crippen LogP contribution in [0.15, 0.2) is 42.7 Å². The molecule has 3 aromatic heterocycles. The van der Waals surface area contributed by atoms with Crippen LogP contribution in [0.1, 0.15) is 16.0 Å². The van der Waals surface area contributed by atoms with Crippen LogP contribution in [-0.4, -0.2) is 44.7 Å². The van der Waals surface area contributed by atoms with Crippen LogP contribution in [0.2, 0.25) is 5.02 Å². The lowest BCUT2D eigenvalue weighted by Crippen LogP contribution is -2.34. The minimum Gasteiger partial charge on any atom is -0.495 e. The Labute approximate surface area is 198 Å². The molecular formula is C23H20ClN5O3S. The van der Waals surface area contributed by atoms with E-state index in [1.165, 1.54) is 16.2 Å². The fourth-order valence-corrected chi connectivity index (χ4v) is 5.44. The monoisotopic (exact) mass is 481 g/mol. The van der Waals surface area contributed by atoms with E-state index in [9.17, 15) is 9.90 Å².